The Kier molecular flexibility index (Phi) is 5.55. The lowest BCUT2D eigenvalue weighted by Gasteiger charge is -2.18. The van der Waals surface area contributed by atoms with Gasteiger partial charge in [0.25, 0.3) is 0 Å². The fraction of sp³-hybridized carbons (Fsp3) is 0.625. The van der Waals surface area contributed by atoms with Crippen LogP contribution in [0.25, 0.3) is 0 Å². The highest BCUT2D eigenvalue weighted by Gasteiger charge is 2.21. The van der Waals surface area contributed by atoms with Crippen molar-refractivity contribution in [3.8, 4) is 11.5 Å². The topological polar surface area (TPSA) is 38.7 Å². The van der Waals surface area contributed by atoms with Crippen LogP contribution in [0.3, 0.4) is 0 Å². The van der Waals surface area contributed by atoms with E-state index in [0.29, 0.717) is 16.5 Å². The Morgan fingerprint density at radius 3 is 2.55 bits per heavy atom. The van der Waals surface area contributed by atoms with Crippen LogP contribution in [0.1, 0.15) is 50.2 Å². The molecular weight excluding hydrogens is 276 g/mol. The Balaban J connectivity index is 2.08. The molecule has 3 nitrogen and oxygen atoms in total. The summed E-state index contributed by atoms with van der Waals surface area (Å²) in [5, 5.41) is 10.8. The zero-order chi connectivity index (χ0) is 14.5. The van der Waals surface area contributed by atoms with Crippen molar-refractivity contribution in [2.75, 3.05) is 14.2 Å². The van der Waals surface area contributed by atoms with Gasteiger partial charge in [0.2, 0.25) is 0 Å². The summed E-state index contributed by atoms with van der Waals surface area (Å²) in [6.45, 7) is 0. The van der Waals surface area contributed by atoms with Crippen LogP contribution in [0, 0.1) is 5.92 Å². The van der Waals surface area contributed by atoms with Crippen LogP contribution in [0.15, 0.2) is 12.1 Å². The number of aliphatic hydroxyl groups excluding tert-OH is 1. The Bertz CT molecular complexity index is 442. The molecule has 1 N–H and O–H groups in total. The van der Waals surface area contributed by atoms with Gasteiger partial charge in [0, 0.05) is 5.56 Å². The first-order valence-electron chi connectivity index (χ1n) is 7.25. The van der Waals surface area contributed by atoms with Crippen molar-refractivity contribution in [2.45, 2.75) is 44.6 Å². The monoisotopic (exact) mass is 298 g/mol. The van der Waals surface area contributed by atoms with Crippen molar-refractivity contribution in [3.63, 3.8) is 0 Å². The highest BCUT2D eigenvalue weighted by Crippen LogP contribution is 2.41. The van der Waals surface area contributed by atoms with Gasteiger partial charge in [0.05, 0.1) is 20.3 Å². The summed E-state index contributed by atoms with van der Waals surface area (Å²) in [5.74, 6) is 1.85. The Hall–Kier alpha value is -0.930. The molecule has 20 heavy (non-hydrogen) atoms. The third-order valence-electron chi connectivity index (χ3n) is 4.20. The number of rotatable bonds is 6. The minimum absolute atomic E-state index is 0.424. The van der Waals surface area contributed by atoms with Gasteiger partial charge in [-0.05, 0) is 30.9 Å². The summed E-state index contributed by atoms with van der Waals surface area (Å²) in [6, 6.07) is 3.61. The normalized spacial score (nSPS) is 17.2. The number of hydrogen-bond acceptors (Lipinski definition) is 3. The smallest absolute Gasteiger partial charge is 0.147 e. The summed E-state index contributed by atoms with van der Waals surface area (Å²) in [5.41, 5.74) is 0.747. The van der Waals surface area contributed by atoms with E-state index >= 15 is 0 Å². The first kappa shape index (κ1) is 15.5. The molecule has 0 saturated heterocycles. The Morgan fingerprint density at radius 1 is 1.25 bits per heavy atom. The van der Waals surface area contributed by atoms with Crippen LogP contribution in [0.2, 0.25) is 5.02 Å². The molecule has 1 fully saturated rings. The molecule has 1 saturated carbocycles. The number of benzene rings is 1. The fourth-order valence-corrected chi connectivity index (χ4v) is 3.35. The molecule has 1 unspecified atom stereocenters. The van der Waals surface area contributed by atoms with Gasteiger partial charge in [-0.25, -0.2) is 0 Å². The van der Waals surface area contributed by atoms with E-state index in [4.69, 9.17) is 21.1 Å². The lowest BCUT2D eigenvalue weighted by molar-refractivity contribution is 0.153. The maximum atomic E-state index is 10.4. The Morgan fingerprint density at radius 2 is 1.95 bits per heavy atom. The van der Waals surface area contributed by atoms with Crippen molar-refractivity contribution in [1.82, 2.24) is 0 Å². The molecule has 0 spiro atoms. The molecule has 1 aromatic rings. The first-order valence-corrected chi connectivity index (χ1v) is 7.63. The quantitative estimate of drug-likeness (QED) is 0.848. The van der Waals surface area contributed by atoms with E-state index in [1.165, 1.54) is 25.7 Å². The molecule has 0 amide bonds. The van der Waals surface area contributed by atoms with Crippen molar-refractivity contribution in [2.24, 2.45) is 5.92 Å². The lowest BCUT2D eigenvalue weighted by atomic mass is 9.96. The van der Waals surface area contributed by atoms with Crippen molar-refractivity contribution < 1.29 is 14.6 Å². The van der Waals surface area contributed by atoms with Crippen LogP contribution < -0.4 is 9.47 Å². The predicted octanol–water partition coefficient (Wildman–Crippen LogP) is 4.36. The summed E-state index contributed by atoms with van der Waals surface area (Å²) in [7, 11) is 3.13. The standard InChI is InChI=1S/C16H23ClO3/c1-19-14-10-8-12(16(20-2)15(14)17)13(18)9-7-11-5-3-4-6-11/h8,10-11,13,18H,3-7,9H2,1-2H3. The van der Waals surface area contributed by atoms with E-state index in [1.807, 2.05) is 6.07 Å². The van der Waals surface area contributed by atoms with Gasteiger partial charge in [0.1, 0.15) is 16.5 Å². The Labute approximate surface area is 125 Å². The molecule has 0 bridgehead atoms. The summed E-state index contributed by atoms with van der Waals surface area (Å²) < 4.78 is 10.5. The zero-order valence-corrected chi connectivity index (χ0v) is 12.9. The lowest BCUT2D eigenvalue weighted by Crippen LogP contribution is -2.04. The molecule has 1 atom stereocenters. The van der Waals surface area contributed by atoms with E-state index < -0.39 is 6.10 Å². The molecular formula is C16H23ClO3. The van der Waals surface area contributed by atoms with Crippen LogP contribution in [-0.2, 0) is 0 Å². The number of methoxy groups -OCH3 is 2. The zero-order valence-electron chi connectivity index (χ0n) is 12.2. The molecule has 1 aliphatic carbocycles. The first-order chi connectivity index (χ1) is 9.67. The molecule has 0 aliphatic heterocycles. The highest BCUT2D eigenvalue weighted by molar-refractivity contribution is 6.33. The number of ether oxygens (including phenoxy) is 2. The second-order valence-corrected chi connectivity index (χ2v) is 5.83. The van der Waals surface area contributed by atoms with Gasteiger partial charge < -0.3 is 14.6 Å². The van der Waals surface area contributed by atoms with Crippen molar-refractivity contribution in [1.29, 1.82) is 0 Å². The summed E-state index contributed by atoms with van der Waals surface area (Å²) >= 11 is 6.22. The number of hydrogen-bond donors (Lipinski definition) is 1. The molecule has 1 aromatic carbocycles. The van der Waals surface area contributed by atoms with Crippen LogP contribution >= 0.6 is 11.6 Å². The molecule has 0 radical (unpaired) electrons. The summed E-state index contributed by atoms with van der Waals surface area (Å²) in [4.78, 5) is 0. The molecule has 4 heteroatoms. The van der Waals surface area contributed by atoms with Crippen LogP contribution in [0.4, 0.5) is 0 Å². The largest absolute Gasteiger partial charge is 0.495 e. The average Bonchev–Trinajstić information content (AvgIpc) is 2.97. The minimum Gasteiger partial charge on any atom is -0.495 e. The van der Waals surface area contributed by atoms with E-state index in [2.05, 4.69) is 0 Å². The van der Waals surface area contributed by atoms with Gasteiger partial charge in [0.15, 0.2) is 0 Å². The van der Waals surface area contributed by atoms with Crippen LogP contribution in [-0.4, -0.2) is 19.3 Å². The molecule has 0 heterocycles. The van der Waals surface area contributed by atoms with E-state index in [1.54, 1.807) is 20.3 Å². The van der Waals surface area contributed by atoms with Gasteiger partial charge in [-0.2, -0.15) is 0 Å². The fourth-order valence-electron chi connectivity index (χ4n) is 3.03. The number of halogens is 1. The second-order valence-electron chi connectivity index (χ2n) is 5.45. The second kappa shape index (κ2) is 7.19. The maximum absolute atomic E-state index is 10.4. The highest BCUT2D eigenvalue weighted by atomic mass is 35.5. The van der Waals surface area contributed by atoms with Crippen molar-refractivity contribution >= 4 is 11.6 Å². The summed E-state index contributed by atoms with van der Waals surface area (Å²) in [6.07, 6.45) is 6.54. The number of aliphatic hydroxyl groups is 1. The van der Waals surface area contributed by atoms with Crippen LogP contribution in [0.5, 0.6) is 11.5 Å². The van der Waals surface area contributed by atoms with Gasteiger partial charge in [-0.1, -0.05) is 37.3 Å². The molecule has 112 valence electrons. The van der Waals surface area contributed by atoms with E-state index in [-0.39, 0.29) is 0 Å². The van der Waals surface area contributed by atoms with Gasteiger partial charge >= 0.3 is 0 Å². The van der Waals surface area contributed by atoms with Gasteiger partial charge in [-0.3, -0.25) is 0 Å². The predicted molar refractivity (Wildman–Crippen MR) is 80.7 cm³/mol. The molecule has 2 rings (SSSR count). The van der Waals surface area contributed by atoms with Crippen molar-refractivity contribution in [3.05, 3.63) is 22.7 Å². The van der Waals surface area contributed by atoms with E-state index in [0.717, 1.165) is 24.3 Å². The SMILES string of the molecule is COc1ccc(C(O)CCC2CCCC2)c(OC)c1Cl. The molecule has 1 aliphatic rings. The minimum atomic E-state index is -0.533. The third kappa shape index (κ3) is 3.39. The average molecular weight is 299 g/mol. The molecule has 0 aromatic heterocycles. The van der Waals surface area contributed by atoms with E-state index in [9.17, 15) is 5.11 Å². The van der Waals surface area contributed by atoms with Gasteiger partial charge in [-0.15, -0.1) is 0 Å². The maximum Gasteiger partial charge on any atom is 0.147 e. The third-order valence-corrected chi connectivity index (χ3v) is 4.56.